The third kappa shape index (κ3) is 3.72. The Hall–Kier alpha value is -1.21. The Morgan fingerprint density at radius 2 is 1.75 bits per heavy atom. The van der Waals surface area contributed by atoms with Crippen LogP contribution in [0, 0.1) is 0 Å². The van der Waals surface area contributed by atoms with Gasteiger partial charge < -0.3 is 0 Å². The third-order valence-corrected chi connectivity index (χ3v) is 11.0. The maximum absolute atomic E-state index is 5.66. The zero-order chi connectivity index (χ0) is 17.6. The van der Waals surface area contributed by atoms with Gasteiger partial charge in [-0.25, -0.2) is 0 Å². The van der Waals surface area contributed by atoms with Crippen molar-refractivity contribution in [3.8, 4) is 0 Å². The molecule has 0 N–H and O–H groups in total. The molecule has 3 heteroatoms. The third-order valence-electron chi connectivity index (χ3n) is 4.93. The van der Waals surface area contributed by atoms with E-state index in [1.807, 2.05) is 12.2 Å². The van der Waals surface area contributed by atoms with E-state index in [9.17, 15) is 0 Å². The summed E-state index contributed by atoms with van der Waals surface area (Å²) in [5.41, 5.74) is 0. The first-order valence-electron chi connectivity index (χ1n) is 8.79. The minimum absolute atomic E-state index is 0.175. The van der Waals surface area contributed by atoms with Gasteiger partial charge in [-0.2, -0.15) is 0 Å². The second kappa shape index (κ2) is 8.25. The van der Waals surface area contributed by atoms with Crippen LogP contribution in [0.4, 0.5) is 0 Å². The van der Waals surface area contributed by atoms with Crippen LogP contribution in [0.5, 0.6) is 0 Å². The van der Waals surface area contributed by atoms with Gasteiger partial charge in [0.25, 0.3) is 0 Å². The molecular weight excluding hydrogens is 313 g/mol. The molecular formula is C21H32NOP. The topological polar surface area (TPSA) is 12.5 Å². The molecule has 1 saturated heterocycles. The van der Waals surface area contributed by atoms with E-state index in [0.717, 1.165) is 26.3 Å². The van der Waals surface area contributed by atoms with E-state index in [1.165, 1.54) is 10.6 Å². The van der Waals surface area contributed by atoms with E-state index in [2.05, 4.69) is 81.4 Å². The standard InChI is InChI=1S/C21H32NOP/c1-6-7-9-12-19(2)24(21(3,4)5,20-13-10-8-11-14-20)22-15-17-23-18-16-22/h6-14,24H,1,15-18H2,2-5H3/b9-7-,19-12+. The van der Waals surface area contributed by atoms with Crippen LogP contribution >= 0.6 is 7.41 Å². The van der Waals surface area contributed by atoms with Gasteiger partial charge in [-0.3, -0.25) is 0 Å². The Morgan fingerprint density at radius 1 is 1.12 bits per heavy atom. The number of ether oxygens (including phenoxy) is 1. The molecule has 0 spiro atoms. The van der Waals surface area contributed by atoms with Crippen LogP contribution in [0.2, 0.25) is 0 Å². The van der Waals surface area contributed by atoms with E-state index in [-0.39, 0.29) is 5.16 Å². The molecule has 0 amide bonds. The van der Waals surface area contributed by atoms with E-state index < -0.39 is 7.41 Å². The van der Waals surface area contributed by atoms with Crippen molar-refractivity contribution >= 4 is 12.7 Å². The van der Waals surface area contributed by atoms with Crippen molar-refractivity contribution in [3.63, 3.8) is 0 Å². The summed E-state index contributed by atoms with van der Waals surface area (Å²) >= 11 is 0. The van der Waals surface area contributed by atoms with Gasteiger partial charge in [0.1, 0.15) is 0 Å². The molecule has 1 heterocycles. The Morgan fingerprint density at radius 3 is 2.29 bits per heavy atom. The summed E-state index contributed by atoms with van der Waals surface area (Å²) in [7, 11) is -2.10. The average molecular weight is 345 g/mol. The molecule has 1 aliphatic rings. The van der Waals surface area contributed by atoms with Gasteiger partial charge in [-0.15, -0.1) is 0 Å². The minimum atomic E-state index is -2.10. The predicted octanol–water partition coefficient (Wildman–Crippen LogP) is 4.75. The van der Waals surface area contributed by atoms with Crippen molar-refractivity contribution in [3.05, 3.63) is 66.5 Å². The van der Waals surface area contributed by atoms with Crippen molar-refractivity contribution in [1.82, 2.24) is 4.67 Å². The van der Waals surface area contributed by atoms with Crippen molar-refractivity contribution in [2.45, 2.75) is 32.9 Å². The van der Waals surface area contributed by atoms with Crippen LogP contribution in [0.25, 0.3) is 0 Å². The normalized spacial score (nSPS) is 18.8. The molecule has 1 aromatic carbocycles. The molecule has 24 heavy (non-hydrogen) atoms. The Labute approximate surface area is 148 Å². The SMILES string of the molecule is C=C/C=C\C=C(/C)[PH](c1ccccc1)(N1CCOCC1)C(C)(C)C. The maximum atomic E-state index is 5.66. The molecule has 1 fully saturated rings. The van der Waals surface area contributed by atoms with E-state index in [1.54, 1.807) is 0 Å². The molecule has 0 atom stereocenters. The summed E-state index contributed by atoms with van der Waals surface area (Å²) in [5, 5.41) is 3.15. The first-order valence-corrected chi connectivity index (χ1v) is 10.7. The molecule has 1 aromatic rings. The van der Waals surface area contributed by atoms with Crippen LogP contribution in [0.15, 0.2) is 66.5 Å². The van der Waals surface area contributed by atoms with Gasteiger partial charge >= 0.3 is 148 Å². The molecule has 0 aromatic heterocycles. The van der Waals surface area contributed by atoms with Crippen molar-refractivity contribution < 1.29 is 4.74 Å². The Kier molecular flexibility index (Phi) is 6.57. The van der Waals surface area contributed by atoms with Crippen LogP contribution in [-0.4, -0.2) is 36.1 Å². The van der Waals surface area contributed by atoms with Crippen LogP contribution in [-0.2, 0) is 4.74 Å². The zero-order valence-electron chi connectivity index (χ0n) is 15.6. The monoisotopic (exact) mass is 345 g/mol. The number of hydrogen-bond donors (Lipinski definition) is 0. The van der Waals surface area contributed by atoms with Gasteiger partial charge in [0, 0.05) is 0 Å². The van der Waals surface area contributed by atoms with Gasteiger partial charge in [-0.1, -0.05) is 0 Å². The molecule has 0 bridgehead atoms. The summed E-state index contributed by atoms with van der Waals surface area (Å²) in [4.78, 5) is 0. The second-order valence-electron chi connectivity index (χ2n) is 7.40. The summed E-state index contributed by atoms with van der Waals surface area (Å²) in [6.07, 6.45) is 8.26. The van der Waals surface area contributed by atoms with Gasteiger partial charge in [-0.05, 0) is 0 Å². The van der Waals surface area contributed by atoms with Crippen LogP contribution < -0.4 is 5.30 Å². The Bertz CT molecular complexity index is 594. The molecule has 132 valence electrons. The molecule has 2 nitrogen and oxygen atoms in total. The number of hydrogen-bond acceptors (Lipinski definition) is 2. The number of nitrogens with zero attached hydrogens (tertiary/aromatic N) is 1. The molecule has 0 radical (unpaired) electrons. The molecule has 1 aliphatic heterocycles. The molecule has 0 saturated carbocycles. The van der Waals surface area contributed by atoms with E-state index >= 15 is 0 Å². The van der Waals surface area contributed by atoms with Crippen molar-refractivity contribution in [1.29, 1.82) is 0 Å². The Balaban J connectivity index is 2.66. The van der Waals surface area contributed by atoms with Gasteiger partial charge in [0.05, 0.1) is 0 Å². The summed E-state index contributed by atoms with van der Waals surface area (Å²) < 4.78 is 8.39. The second-order valence-corrected chi connectivity index (χ2v) is 12.3. The van der Waals surface area contributed by atoms with E-state index in [4.69, 9.17) is 4.74 Å². The number of rotatable bonds is 5. The predicted molar refractivity (Wildman–Crippen MR) is 110 cm³/mol. The quantitative estimate of drug-likeness (QED) is 0.564. The van der Waals surface area contributed by atoms with Gasteiger partial charge in [0.15, 0.2) is 0 Å². The van der Waals surface area contributed by atoms with Gasteiger partial charge in [0.2, 0.25) is 0 Å². The fourth-order valence-electron chi connectivity index (χ4n) is 4.14. The van der Waals surface area contributed by atoms with Crippen LogP contribution in [0.1, 0.15) is 27.7 Å². The number of benzene rings is 1. The fraction of sp³-hybridized carbons (Fsp3) is 0.429. The first kappa shape index (κ1) is 19.1. The van der Waals surface area contributed by atoms with Crippen LogP contribution in [0.3, 0.4) is 0 Å². The first-order chi connectivity index (χ1) is 11.4. The summed E-state index contributed by atoms with van der Waals surface area (Å²) in [6.45, 7) is 17.0. The van der Waals surface area contributed by atoms with Crippen molar-refractivity contribution in [2.24, 2.45) is 0 Å². The fourth-order valence-corrected chi connectivity index (χ4v) is 10.3. The number of allylic oxidation sites excluding steroid dienone is 5. The summed E-state index contributed by atoms with van der Waals surface area (Å²) in [6, 6.07) is 11.1. The molecule has 0 aliphatic carbocycles. The molecule has 0 unspecified atom stereocenters. The summed E-state index contributed by atoms with van der Waals surface area (Å²) in [5.74, 6) is 0. The average Bonchev–Trinajstić information content (AvgIpc) is 2.56. The number of morpholine rings is 1. The zero-order valence-corrected chi connectivity index (χ0v) is 16.6. The van der Waals surface area contributed by atoms with E-state index in [0.29, 0.717) is 0 Å². The molecule has 2 rings (SSSR count). The van der Waals surface area contributed by atoms with Crippen molar-refractivity contribution in [2.75, 3.05) is 26.3 Å².